The Morgan fingerprint density at radius 2 is 1.09 bits per heavy atom. The van der Waals surface area contributed by atoms with Gasteiger partial charge < -0.3 is 6.15 Å². The van der Waals surface area contributed by atoms with Crippen LogP contribution in [0.3, 0.4) is 0 Å². The van der Waals surface area contributed by atoms with E-state index in [0.717, 1.165) is 0 Å². The lowest BCUT2D eigenvalue weighted by molar-refractivity contribution is 0.838. The Bertz CT molecular complexity index is 302. The smallest absolute Gasteiger partial charge is 0.0591 e. The number of benzene rings is 1. The van der Waals surface area contributed by atoms with Crippen LogP contribution in [0.25, 0.3) is 0 Å². The van der Waals surface area contributed by atoms with E-state index in [2.05, 4.69) is 46.5 Å². The quantitative estimate of drug-likeness (QED) is 0.479. The fourth-order valence-corrected chi connectivity index (χ4v) is 6.40. The summed E-state index contributed by atoms with van der Waals surface area (Å²) in [6.45, 7) is 11.7. The van der Waals surface area contributed by atoms with Crippen LogP contribution in [0.1, 0.15) is 64.9 Å². The summed E-state index contributed by atoms with van der Waals surface area (Å²) >= 11 is 0. The minimum atomic E-state index is -0.519. The van der Waals surface area contributed by atoms with Gasteiger partial charge in [-0.1, -0.05) is 75.9 Å². The highest BCUT2D eigenvalue weighted by atomic mass is 31.2. The molecule has 1 nitrogen and oxygen atoms in total. The molecule has 1 aromatic carbocycles. The van der Waals surface area contributed by atoms with E-state index in [1.54, 1.807) is 18.5 Å². The van der Waals surface area contributed by atoms with E-state index in [1.165, 1.54) is 44.1 Å². The predicted octanol–water partition coefficient (Wildman–Crippen LogP) is 7.19. The van der Waals surface area contributed by atoms with E-state index in [0.29, 0.717) is 0 Å². The van der Waals surface area contributed by atoms with Gasteiger partial charge in [0.2, 0.25) is 0 Å². The molecule has 0 saturated carbocycles. The fourth-order valence-electron chi connectivity index (χ4n) is 2.49. The van der Waals surface area contributed by atoms with E-state index in [9.17, 15) is 0 Å². The van der Waals surface area contributed by atoms with E-state index < -0.39 is 7.26 Å². The van der Waals surface area contributed by atoms with Crippen LogP contribution in [0.15, 0.2) is 30.3 Å². The van der Waals surface area contributed by atoms with Crippen molar-refractivity contribution in [2.75, 3.05) is 25.2 Å². The summed E-state index contributed by atoms with van der Waals surface area (Å²) in [4.78, 5) is 0. The Hall–Kier alpha value is -0.390. The summed E-state index contributed by atoms with van der Waals surface area (Å²) in [6, 6.07) is 10.3. The Balaban J connectivity index is 0. The second-order valence-electron chi connectivity index (χ2n) is 6.51. The highest BCUT2D eigenvalue weighted by Gasteiger charge is 2.28. The molecule has 1 aromatic rings. The van der Waals surface area contributed by atoms with Crippen LogP contribution in [0.5, 0.6) is 0 Å². The maximum absolute atomic E-state index is 2.62. The predicted molar refractivity (Wildman–Crippen MR) is 108 cm³/mol. The van der Waals surface area contributed by atoms with Gasteiger partial charge in [0.25, 0.3) is 0 Å². The first-order valence-corrected chi connectivity index (χ1v) is 11.7. The van der Waals surface area contributed by atoms with Crippen molar-refractivity contribution in [3.05, 3.63) is 35.9 Å². The van der Waals surface area contributed by atoms with Crippen LogP contribution >= 0.6 is 7.26 Å². The van der Waals surface area contributed by atoms with E-state index in [-0.39, 0.29) is 6.15 Å². The summed E-state index contributed by atoms with van der Waals surface area (Å²) in [5.41, 5.74) is 1.32. The van der Waals surface area contributed by atoms with Crippen LogP contribution in [0.4, 0.5) is 0 Å². The molecule has 0 saturated heterocycles. The molecule has 0 aliphatic carbocycles. The Kier molecular flexibility index (Phi) is 16.8. The van der Waals surface area contributed by atoms with E-state index in [4.69, 9.17) is 0 Å². The zero-order valence-electron chi connectivity index (χ0n) is 15.9. The van der Waals surface area contributed by atoms with Crippen LogP contribution in [0.2, 0.25) is 0 Å². The van der Waals surface area contributed by atoms with Gasteiger partial charge in [-0.2, -0.15) is 0 Å². The van der Waals surface area contributed by atoms with Crippen molar-refractivity contribution < 1.29 is 0 Å². The standard InChI is InChI=1S/C13H30P.C7H8.H3N/c1-5-8-11-14(4,12-9-6-2)13-10-7-3;1-7-5-3-2-4-6-7;/h5-13H2,1-4H3;2-6H,1H3;1H3/q+1;;. The largest absolute Gasteiger partial charge is 0.344 e. The maximum Gasteiger partial charge on any atom is 0.0591 e. The van der Waals surface area contributed by atoms with Crippen molar-refractivity contribution in [1.29, 1.82) is 0 Å². The topological polar surface area (TPSA) is 35.0 Å². The number of unbranched alkanes of at least 4 members (excludes halogenated alkanes) is 3. The number of aryl methyl sites for hydroxylation is 1. The van der Waals surface area contributed by atoms with Crippen LogP contribution < -0.4 is 6.15 Å². The second kappa shape index (κ2) is 15.5. The first-order valence-electron chi connectivity index (χ1n) is 8.93. The molecule has 0 spiro atoms. The first kappa shape index (κ1) is 23.9. The van der Waals surface area contributed by atoms with Gasteiger partial charge in [0.1, 0.15) is 0 Å². The summed E-state index contributed by atoms with van der Waals surface area (Å²) in [6.07, 6.45) is 13.2. The third-order valence-corrected chi connectivity index (χ3v) is 8.28. The average molecular weight is 327 g/mol. The van der Waals surface area contributed by atoms with Crippen molar-refractivity contribution >= 4 is 7.26 Å². The number of hydrogen-bond donors (Lipinski definition) is 1. The SMILES string of the molecule is CCCC[P+](C)(CCCC)CCCC.Cc1ccccc1.N. The lowest BCUT2D eigenvalue weighted by atomic mass is 10.2. The Morgan fingerprint density at radius 1 is 0.727 bits per heavy atom. The first-order chi connectivity index (χ1) is 10.1. The van der Waals surface area contributed by atoms with Gasteiger partial charge in [-0.15, -0.1) is 0 Å². The normalized spacial score (nSPS) is 10.4. The molecule has 0 bridgehead atoms. The molecule has 0 aliphatic rings. The molecular formula is C20H41NP+. The molecule has 0 fully saturated rings. The molecule has 0 unspecified atom stereocenters. The van der Waals surface area contributed by atoms with Crippen molar-refractivity contribution in [3.63, 3.8) is 0 Å². The third kappa shape index (κ3) is 13.3. The highest BCUT2D eigenvalue weighted by molar-refractivity contribution is 7.75. The van der Waals surface area contributed by atoms with Crippen molar-refractivity contribution in [3.8, 4) is 0 Å². The molecule has 0 atom stereocenters. The Morgan fingerprint density at radius 3 is 1.32 bits per heavy atom. The zero-order chi connectivity index (χ0) is 16.0. The molecule has 130 valence electrons. The van der Waals surface area contributed by atoms with Crippen LogP contribution in [0, 0.1) is 6.92 Å². The lowest BCUT2D eigenvalue weighted by Gasteiger charge is -2.22. The van der Waals surface area contributed by atoms with Gasteiger partial charge >= 0.3 is 0 Å². The minimum absolute atomic E-state index is 0. The molecule has 3 N–H and O–H groups in total. The van der Waals surface area contributed by atoms with Gasteiger partial charge in [-0.25, -0.2) is 0 Å². The molecule has 0 amide bonds. The zero-order valence-corrected chi connectivity index (χ0v) is 16.8. The van der Waals surface area contributed by atoms with Crippen molar-refractivity contribution in [1.82, 2.24) is 6.15 Å². The molecule has 2 heteroatoms. The van der Waals surface area contributed by atoms with Crippen molar-refractivity contribution in [2.24, 2.45) is 0 Å². The Labute approximate surface area is 141 Å². The van der Waals surface area contributed by atoms with Gasteiger partial charge in [-0.3, -0.25) is 0 Å². The van der Waals surface area contributed by atoms with Gasteiger partial charge in [-0.05, 0) is 26.2 Å². The molecule has 0 aliphatic heterocycles. The third-order valence-electron chi connectivity index (χ3n) is 4.09. The summed E-state index contributed by atoms with van der Waals surface area (Å²) in [5, 5.41) is 0. The van der Waals surface area contributed by atoms with Gasteiger partial charge in [0.05, 0.1) is 18.5 Å². The second-order valence-corrected chi connectivity index (χ2v) is 11.1. The van der Waals surface area contributed by atoms with Crippen LogP contribution in [-0.2, 0) is 0 Å². The minimum Gasteiger partial charge on any atom is -0.344 e. The summed E-state index contributed by atoms with van der Waals surface area (Å²) in [7, 11) is -0.519. The molecule has 1 rings (SSSR count). The van der Waals surface area contributed by atoms with E-state index in [1.807, 2.05) is 18.2 Å². The summed E-state index contributed by atoms with van der Waals surface area (Å²) in [5.74, 6) is 0. The molecular weight excluding hydrogens is 285 g/mol. The molecule has 22 heavy (non-hydrogen) atoms. The molecule has 0 radical (unpaired) electrons. The van der Waals surface area contributed by atoms with E-state index >= 15 is 0 Å². The highest BCUT2D eigenvalue weighted by Crippen LogP contribution is 2.57. The fraction of sp³-hybridized carbons (Fsp3) is 0.700. The number of rotatable bonds is 9. The summed E-state index contributed by atoms with van der Waals surface area (Å²) < 4.78 is 0. The van der Waals surface area contributed by atoms with Crippen LogP contribution in [-0.4, -0.2) is 25.2 Å². The van der Waals surface area contributed by atoms with Gasteiger partial charge in [0.15, 0.2) is 0 Å². The average Bonchev–Trinajstić information content (AvgIpc) is 2.51. The van der Waals surface area contributed by atoms with Crippen molar-refractivity contribution in [2.45, 2.75) is 66.2 Å². The maximum atomic E-state index is 2.62. The van der Waals surface area contributed by atoms with Gasteiger partial charge in [0, 0.05) is 13.9 Å². The molecule has 0 aromatic heterocycles. The molecule has 0 heterocycles. The number of hydrogen-bond acceptors (Lipinski definition) is 1. The monoisotopic (exact) mass is 326 g/mol. The lowest BCUT2D eigenvalue weighted by Crippen LogP contribution is -2.07.